The van der Waals surface area contributed by atoms with Crippen LogP contribution in [0.15, 0.2) is 54.6 Å². The number of hydrogen-bond acceptors (Lipinski definition) is 4. The van der Waals surface area contributed by atoms with E-state index in [4.69, 9.17) is 4.74 Å². The summed E-state index contributed by atoms with van der Waals surface area (Å²) in [5, 5.41) is 2.58. The minimum atomic E-state index is -2.95. The fraction of sp³-hybridized carbons (Fsp3) is 0.278. The molecule has 5 nitrogen and oxygen atoms in total. The second kappa shape index (κ2) is 9.58. The van der Waals surface area contributed by atoms with E-state index < -0.39 is 6.61 Å². The Hall–Kier alpha value is -2.67. The van der Waals surface area contributed by atoms with Crippen molar-refractivity contribution in [2.75, 3.05) is 32.1 Å². The van der Waals surface area contributed by atoms with Crippen molar-refractivity contribution >= 4 is 11.6 Å². The van der Waals surface area contributed by atoms with Crippen molar-refractivity contribution in [3.63, 3.8) is 0 Å². The van der Waals surface area contributed by atoms with Gasteiger partial charge in [0.25, 0.3) is 0 Å². The Balaban J connectivity index is 1.78. The molecule has 2 aromatic carbocycles. The highest BCUT2D eigenvalue weighted by Crippen LogP contribution is 2.25. The molecule has 2 rings (SSSR count). The standard InChI is InChI=1S/C18H20F2N2O3/c1-22(11-12-24-14-7-3-2-4-8-14)13-17(23)21-15-9-5-6-10-16(15)25-18(19)20/h2-10,18H,11-13H2,1H3,(H,21,23). The highest BCUT2D eigenvalue weighted by molar-refractivity contribution is 5.93. The van der Waals surface area contributed by atoms with Gasteiger partial charge in [-0.2, -0.15) is 8.78 Å². The van der Waals surface area contributed by atoms with Crippen LogP contribution < -0.4 is 14.8 Å². The maximum absolute atomic E-state index is 12.4. The van der Waals surface area contributed by atoms with Crippen molar-refractivity contribution < 1.29 is 23.0 Å². The molecular formula is C18H20F2N2O3. The van der Waals surface area contributed by atoms with Gasteiger partial charge in [-0.05, 0) is 31.3 Å². The van der Waals surface area contributed by atoms with E-state index in [0.29, 0.717) is 13.2 Å². The van der Waals surface area contributed by atoms with Gasteiger partial charge in [0.05, 0.1) is 12.2 Å². The number of carbonyl (C=O) groups is 1. The maximum Gasteiger partial charge on any atom is 0.387 e. The van der Waals surface area contributed by atoms with E-state index in [9.17, 15) is 13.6 Å². The van der Waals surface area contributed by atoms with Gasteiger partial charge in [-0.25, -0.2) is 0 Å². The van der Waals surface area contributed by atoms with Gasteiger partial charge in [0.15, 0.2) is 0 Å². The molecule has 1 amide bonds. The molecule has 7 heteroatoms. The first-order valence-corrected chi connectivity index (χ1v) is 7.74. The molecule has 0 aromatic heterocycles. The van der Waals surface area contributed by atoms with E-state index >= 15 is 0 Å². The molecule has 0 saturated heterocycles. The first-order valence-electron chi connectivity index (χ1n) is 7.74. The number of ether oxygens (including phenoxy) is 2. The van der Waals surface area contributed by atoms with Gasteiger partial charge in [0, 0.05) is 6.54 Å². The fourth-order valence-electron chi connectivity index (χ4n) is 2.12. The molecule has 0 fully saturated rings. The highest BCUT2D eigenvalue weighted by Gasteiger charge is 2.12. The Morgan fingerprint density at radius 2 is 1.80 bits per heavy atom. The molecule has 0 unspecified atom stereocenters. The van der Waals surface area contributed by atoms with Crippen LogP contribution in [0.1, 0.15) is 0 Å². The molecule has 1 N–H and O–H groups in total. The lowest BCUT2D eigenvalue weighted by atomic mass is 10.3. The molecule has 0 heterocycles. The molecule has 0 atom stereocenters. The number of nitrogens with zero attached hydrogens (tertiary/aromatic N) is 1. The Morgan fingerprint density at radius 1 is 1.12 bits per heavy atom. The number of anilines is 1. The maximum atomic E-state index is 12.4. The van der Waals surface area contributed by atoms with Gasteiger partial charge < -0.3 is 14.8 Å². The molecule has 0 radical (unpaired) electrons. The third kappa shape index (κ3) is 6.76. The van der Waals surface area contributed by atoms with Crippen LogP contribution >= 0.6 is 0 Å². The van der Waals surface area contributed by atoms with Gasteiger partial charge in [-0.1, -0.05) is 30.3 Å². The largest absolute Gasteiger partial charge is 0.492 e. The summed E-state index contributed by atoms with van der Waals surface area (Å²) in [4.78, 5) is 13.8. The molecular weight excluding hydrogens is 330 g/mol. The topological polar surface area (TPSA) is 50.8 Å². The lowest BCUT2D eigenvalue weighted by molar-refractivity contribution is -0.117. The summed E-state index contributed by atoms with van der Waals surface area (Å²) < 4.78 is 34.7. The van der Waals surface area contributed by atoms with Crippen LogP contribution in [0.2, 0.25) is 0 Å². The van der Waals surface area contributed by atoms with E-state index in [0.717, 1.165) is 5.75 Å². The predicted octanol–water partition coefficient (Wildman–Crippen LogP) is 3.24. The number of benzene rings is 2. The lowest BCUT2D eigenvalue weighted by Crippen LogP contribution is -2.33. The van der Waals surface area contributed by atoms with Crippen molar-refractivity contribution in [1.82, 2.24) is 4.90 Å². The minimum absolute atomic E-state index is 0.0686. The number of para-hydroxylation sites is 3. The van der Waals surface area contributed by atoms with Crippen LogP contribution in [0, 0.1) is 0 Å². The van der Waals surface area contributed by atoms with E-state index in [-0.39, 0.29) is 23.9 Å². The monoisotopic (exact) mass is 350 g/mol. The number of carbonyl (C=O) groups excluding carboxylic acids is 1. The van der Waals surface area contributed by atoms with Crippen LogP contribution in [0.3, 0.4) is 0 Å². The van der Waals surface area contributed by atoms with E-state index in [1.807, 2.05) is 30.3 Å². The second-order valence-electron chi connectivity index (χ2n) is 5.32. The highest BCUT2D eigenvalue weighted by atomic mass is 19.3. The molecule has 134 valence electrons. The number of nitrogens with one attached hydrogen (secondary N) is 1. The summed E-state index contributed by atoms with van der Waals surface area (Å²) in [6, 6.07) is 15.4. The molecule has 25 heavy (non-hydrogen) atoms. The predicted molar refractivity (Wildman–Crippen MR) is 91.1 cm³/mol. The number of hydrogen-bond donors (Lipinski definition) is 1. The fourth-order valence-corrected chi connectivity index (χ4v) is 2.12. The van der Waals surface area contributed by atoms with Crippen molar-refractivity contribution in [2.24, 2.45) is 0 Å². The Bertz CT molecular complexity index is 668. The Labute approximate surface area is 145 Å². The number of rotatable bonds is 9. The second-order valence-corrected chi connectivity index (χ2v) is 5.32. The molecule has 0 spiro atoms. The third-order valence-corrected chi connectivity index (χ3v) is 3.28. The number of amides is 1. The summed E-state index contributed by atoms with van der Waals surface area (Å²) >= 11 is 0. The molecule has 0 aliphatic rings. The summed E-state index contributed by atoms with van der Waals surface area (Å²) in [7, 11) is 1.77. The summed E-state index contributed by atoms with van der Waals surface area (Å²) in [5.74, 6) is 0.367. The number of likely N-dealkylation sites (N-methyl/N-ethyl adjacent to an activating group) is 1. The SMILES string of the molecule is CN(CCOc1ccccc1)CC(=O)Nc1ccccc1OC(F)F. The van der Waals surface area contributed by atoms with Crippen LogP contribution in [0.5, 0.6) is 11.5 Å². The van der Waals surface area contributed by atoms with E-state index in [2.05, 4.69) is 10.1 Å². The zero-order valence-electron chi connectivity index (χ0n) is 13.8. The van der Waals surface area contributed by atoms with E-state index in [1.54, 1.807) is 24.1 Å². The Morgan fingerprint density at radius 3 is 2.52 bits per heavy atom. The van der Waals surface area contributed by atoms with Gasteiger partial charge >= 0.3 is 6.61 Å². The quantitative estimate of drug-likeness (QED) is 0.754. The van der Waals surface area contributed by atoms with Crippen LogP contribution in [-0.2, 0) is 4.79 Å². The van der Waals surface area contributed by atoms with Crippen LogP contribution in [0.4, 0.5) is 14.5 Å². The lowest BCUT2D eigenvalue weighted by Gasteiger charge is -2.17. The number of alkyl halides is 2. The first kappa shape index (κ1) is 18.7. The van der Waals surface area contributed by atoms with Gasteiger partial charge in [0.2, 0.25) is 5.91 Å². The van der Waals surface area contributed by atoms with Crippen LogP contribution in [0.25, 0.3) is 0 Å². The van der Waals surface area contributed by atoms with E-state index in [1.165, 1.54) is 12.1 Å². The summed E-state index contributed by atoms with van der Waals surface area (Å²) in [6.45, 7) is -1.88. The molecule has 0 aliphatic carbocycles. The number of halogens is 2. The zero-order valence-corrected chi connectivity index (χ0v) is 13.8. The van der Waals surface area contributed by atoms with Gasteiger partial charge in [0.1, 0.15) is 18.1 Å². The van der Waals surface area contributed by atoms with Crippen molar-refractivity contribution in [1.29, 1.82) is 0 Å². The third-order valence-electron chi connectivity index (χ3n) is 3.28. The van der Waals surface area contributed by atoms with Gasteiger partial charge in [-0.3, -0.25) is 9.69 Å². The van der Waals surface area contributed by atoms with Crippen molar-refractivity contribution in [3.8, 4) is 11.5 Å². The zero-order chi connectivity index (χ0) is 18.1. The van der Waals surface area contributed by atoms with Crippen LogP contribution in [-0.4, -0.2) is 44.2 Å². The smallest absolute Gasteiger partial charge is 0.387 e. The van der Waals surface area contributed by atoms with Gasteiger partial charge in [-0.15, -0.1) is 0 Å². The van der Waals surface area contributed by atoms with Crippen molar-refractivity contribution in [3.05, 3.63) is 54.6 Å². The molecule has 0 saturated carbocycles. The molecule has 0 aliphatic heterocycles. The van der Waals surface area contributed by atoms with Crippen molar-refractivity contribution in [2.45, 2.75) is 6.61 Å². The summed E-state index contributed by atoms with van der Waals surface area (Å²) in [5.41, 5.74) is 0.210. The summed E-state index contributed by atoms with van der Waals surface area (Å²) in [6.07, 6.45) is 0. The molecule has 0 bridgehead atoms. The first-order chi connectivity index (χ1) is 12.0. The molecule has 2 aromatic rings. The normalized spacial score (nSPS) is 10.8. The Kier molecular flexibility index (Phi) is 7.16. The minimum Gasteiger partial charge on any atom is -0.492 e. The average Bonchev–Trinajstić information content (AvgIpc) is 2.57. The average molecular weight is 350 g/mol.